The fourth-order valence-corrected chi connectivity index (χ4v) is 4.73. The summed E-state index contributed by atoms with van der Waals surface area (Å²) >= 11 is 0. The Morgan fingerprint density at radius 2 is 2.03 bits per heavy atom. The first kappa shape index (κ1) is 20.8. The standard InChI is InChI=1S/C26H26N6O2/c1-15-24(12-31(2)30-15)32(26(33)18-6-8-22(28-10-18)17-4-5-17)11-16-3-7-19-20-13-34-14-21(20)25(27)29-23(19)9-16/h3,6-10,12,17H,4-5,11,13-14H2,1-2H3,(H2,27,29). The van der Waals surface area contributed by atoms with Crippen molar-refractivity contribution in [1.29, 1.82) is 0 Å². The zero-order valence-corrected chi connectivity index (χ0v) is 19.3. The third-order valence-corrected chi connectivity index (χ3v) is 6.69. The molecule has 0 spiro atoms. The number of anilines is 2. The predicted octanol–water partition coefficient (Wildman–Crippen LogP) is 4.01. The van der Waals surface area contributed by atoms with Crippen molar-refractivity contribution >= 4 is 28.3 Å². The van der Waals surface area contributed by atoms with Gasteiger partial charge in [-0.05, 0) is 49.1 Å². The Kier molecular flexibility index (Phi) is 4.84. The van der Waals surface area contributed by atoms with Crippen LogP contribution in [0.15, 0.2) is 42.7 Å². The van der Waals surface area contributed by atoms with E-state index in [0.717, 1.165) is 44.7 Å². The Labute approximate surface area is 197 Å². The van der Waals surface area contributed by atoms with Crippen LogP contribution in [0.5, 0.6) is 0 Å². The molecule has 0 radical (unpaired) electrons. The summed E-state index contributed by atoms with van der Waals surface area (Å²) in [6, 6.07) is 9.96. The number of fused-ring (bicyclic) bond motifs is 3. The molecule has 0 atom stereocenters. The van der Waals surface area contributed by atoms with E-state index < -0.39 is 0 Å². The molecule has 0 saturated heterocycles. The number of amides is 1. The van der Waals surface area contributed by atoms with Crippen molar-refractivity contribution in [3.63, 3.8) is 0 Å². The summed E-state index contributed by atoms with van der Waals surface area (Å²) in [5.74, 6) is 0.945. The highest BCUT2D eigenvalue weighted by Crippen LogP contribution is 2.39. The average molecular weight is 455 g/mol. The zero-order valence-electron chi connectivity index (χ0n) is 19.3. The molecule has 8 nitrogen and oxygen atoms in total. The number of carbonyl (C=O) groups is 1. The molecule has 6 rings (SSSR count). The second-order valence-corrected chi connectivity index (χ2v) is 9.21. The molecule has 1 aromatic carbocycles. The van der Waals surface area contributed by atoms with E-state index in [4.69, 9.17) is 10.5 Å². The van der Waals surface area contributed by atoms with Crippen LogP contribution >= 0.6 is 0 Å². The van der Waals surface area contributed by atoms with E-state index in [-0.39, 0.29) is 5.91 Å². The van der Waals surface area contributed by atoms with E-state index in [1.807, 2.05) is 44.4 Å². The summed E-state index contributed by atoms with van der Waals surface area (Å²) in [5.41, 5.74) is 13.2. The van der Waals surface area contributed by atoms with Crippen LogP contribution < -0.4 is 10.6 Å². The molecule has 34 heavy (non-hydrogen) atoms. The summed E-state index contributed by atoms with van der Waals surface area (Å²) in [5, 5.41) is 5.50. The molecule has 1 aliphatic carbocycles. The maximum Gasteiger partial charge on any atom is 0.260 e. The van der Waals surface area contributed by atoms with Gasteiger partial charge in [-0.2, -0.15) is 5.10 Å². The number of rotatable bonds is 5. The van der Waals surface area contributed by atoms with Gasteiger partial charge >= 0.3 is 0 Å². The molecular weight excluding hydrogens is 428 g/mol. The maximum absolute atomic E-state index is 13.7. The molecule has 0 unspecified atom stereocenters. The highest BCUT2D eigenvalue weighted by molar-refractivity contribution is 6.06. The number of benzene rings is 1. The Bertz CT molecular complexity index is 1420. The molecule has 3 aromatic heterocycles. The molecule has 1 amide bonds. The number of carbonyl (C=O) groups excluding carboxylic acids is 1. The molecule has 1 saturated carbocycles. The van der Waals surface area contributed by atoms with E-state index >= 15 is 0 Å². The van der Waals surface area contributed by atoms with E-state index in [9.17, 15) is 4.79 Å². The van der Waals surface area contributed by atoms with E-state index in [1.165, 1.54) is 12.8 Å². The topological polar surface area (TPSA) is 99.2 Å². The van der Waals surface area contributed by atoms with Crippen molar-refractivity contribution in [1.82, 2.24) is 19.7 Å². The quantitative estimate of drug-likeness (QED) is 0.489. The summed E-state index contributed by atoms with van der Waals surface area (Å²) in [6.07, 6.45) is 5.93. The van der Waals surface area contributed by atoms with Crippen LogP contribution in [-0.2, 0) is 31.5 Å². The van der Waals surface area contributed by atoms with Crippen LogP contribution in [0.2, 0.25) is 0 Å². The van der Waals surface area contributed by atoms with E-state index in [2.05, 4.69) is 21.1 Å². The van der Waals surface area contributed by atoms with Gasteiger partial charge in [0.25, 0.3) is 5.91 Å². The highest BCUT2D eigenvalue weighted by atomic mass is 16.5. The smallest absolute Gasteiger partial charge is 0.260 e. The summed E-state index contributed by atoms with van der Waals surface area (Å²) in [4.78, 5) is 24.6. The number of pyridine rings is 2. The fourth-order valence-electron chi connectivity index (χ4n) is 4.73. The van der Waals surface area contributed by atoms with Gasteiger partial charge in [-0.25, -0.2) is 4.98 Å². The van der Waals surface area contributed by atoms with Crippen LogP contribution in [0.1, 0.15) is 57.2 Å². The van der Waals surface area contributed by atoms with Crippen LogP contribution in [0, 0.1) is 6.92 Å². The number of ether oxygens (including phenoxy) is 1. The highest BCUT2D eigenvalue weighted by Gasteiger charge is 2.27. The van der Waals surface area contributed by atoms with Crippen molar-refractivity contribution in [2.45, 2.75) is 45.4 Å². The monoisotopic (exact) mass is 454 g/mol. The van der Waals surface area contributed by atoms with Gasteiger partial charge in [-0.15, -0.1) is 0 Å². The molecule has 2 aliphatic rings. The minimum Gasteiger partial charge on any atom is -0.383 e. The lowest BCUT2D eigenvalue weighted by Crippen LogP contribution is -2.31. The molecular formula is C26H26N6O2. The molecule has 8 heteroatoms. The van der Waals surface area contributed by atoms with Gasteiger partial charge in [-0.3, -0.25) is 14.5 Å². The third-order valence-electron chi connectivity index (χ3n) is 6.69. The number of hydrogen-bond donors (Lipinski definition) is 1. The lowest BCUT2D eigenvalue weighted by molar-refractivity contribution is 0.0984. The molecule has 4 heterocycles. The van der Waals surface area contributed by atoms with Crippen molar-refractivity contribution in [2.24, 2.45) is 7.05 Å². The van der Waals surface area contributed by atoms with Gasteiger partial charge in [-0.1, -0.05) is 12.1 Å². The predicted molar refractivity (Wildman–Crippen MR) is 129 cm³/mol. The van der Waals surface area contributed by atoms with Gasteiger partial charge in [0.1, 0.15) is 5.82 Å². The molecule has 2 N–H and O–H groups in total. The average Bonchev–Trinajstić information content (AvgIpc) is 3.46. The van der Waals surface area contributed by atoms with Crippen molar-refractivity contribution in [3.05, 3.63) is 76.4 Å². The van der Waals surface area contributed by atoms with E-state index in [0.29, 0.717) is 37.1 Å². The van der Waals surface area contributed by atoms with E-state index in [1.54, 1.807) is 15.8 Å². The Morgan fingerprint density at radius 3 is 2.74 bits per heavy atom. The minimum absolute atomic E-state index is 0.110. The van der Waals surface area contributed by atoms with Crippen molar-refractivity contribution < 1.29 is 9.53 Å². The van der Waals surface area contributed by atoms with Crippen molar-refractivity contribution in [2.75, 3.05) is 10.6 Å². The van der Waals surface area contributed by atoms with Crippen molar-refractivity contribution in [3.8, 4) is 0 Å². The number of nitrogens with zero attached hydrogens (tertiary/aromatic N) is 5. The Balaban J connectivity index is 1.37. The van der Waals surface area contributed by atoms with Gasteiger partial charge in [0.2, 0.25) is 0 Å². The largest absolute Gasteiger partial charge is 0.383 e. The lowest BCUT2D eigenvalue weighted by atomic mass is 10.0. The molecule has 1 fully saturated rings. The van der Waals surface area contributed by atoms with Gasteiger partial charge in [0, 0.05) is 42.0 Å². The third kappa shape index (κ3) is 3.60. The first-order valence-corrected chi connectivity index (χ1v) is 11.5. The zero-order chi connectivity index (χ0) is 23.4. The first-order valence-electron chi connectivity index (χ1n) is 11.5. The molecule has 4 aromatic rings. The Hall–Kier alpha value is -3.78. The maximum atomic E-state index is 13.7. The SMILES string of the molecule is Cc1nn(C)cc1N(Cc1ccc2c3c(c(N)nc2c1)COC3)C(=O)c1ccc(C2CC2)nc1. The van der Waals surface area contributed by atoms with Crippen LogP contribution in [0.3, 0.4) is 0 Å². The fraction of sp³-hybridized carbons (Fsp3) is 0.308. The molecule has 1 aliphatic heterocycles. The van der Waals surface area contributed by atoms with Gasteiger partial charge in [0.15, 0.2) is 0 Å². The first-order chi connectivity index (χ1) is 16.5. The molecule has 172 valence electrons. The minimum atomic E-state index is -0.110. The number of nitrogen functional groups attached to an aromatic ring is 1. The lowest BCUT2D eigenvalue weighted by Gasteiger charge is -2.22. The van der Waals surface area contributed by atoms with Crippen LogP contribution in [0.4, 0.5) is 11.5 Å². The molecule has 0 bridgehead atoms. The normalized spacial score (nSPS) is 15.0. The number of hydrogen-bond acceptors (Lipinski definition) is 6. The second kappa shape index (κ2) is 7.92. The van der Waals surface area contributed by atoms with Gasteiger partial charge < -0.3 is 15.4 Å². The number of aryl methyl sites for hydroxylation is 2. The van der Waals surface area contributed by atoms with Crippen LogP contribution in [-0.4, -0.2) is 25.7 Å². The summed E-state index contributed by atoms with van der Waals surface area (Å²) < 4.78 is 7.32. The van der Waals surface area contributed by atoms with Gasteiger partial charge in [0.05, 0.1) is 42.2 Å². The number of aromatic nitrogens is 4. The summed E-state index contributed by atoms with van der Waals surface area (Å²) in [6.45, 7) is 3.33. The Morgan fingerprint density at radius 1 is 1.21 bits per heavy atom. The summed E-state index contributed by atoms with van der Waals surface area (Å²) in [7, 11) is 1.86. The van der Waals surface area contributed by atoms with Crippen LogP contribution in [0.25, 0.3) is 10.9 Å². The number of nitrogens with two attached hydrogens (primary N) is 1. The second-order valence-electron chi connectivity index (χ2n) is 9.21.